The second-order valence-corrected chi connectivity index (χ2v) is 6.39. The second-order valence-electron chi connectivity index (χ2n) is 6.39. The SMILES string of the molecule is CCOc1ccc(C(C)=O)cc1CN(CC)CC(=O)Nc1ccc(OC)cc1. The van der Waals surface area contributed by atoms with E-state index in [1.54, 1.807) is 44.4 Å². The van der Waals surface area contributed by atoms with E-state index in [0.717, 1.165) is 22.7 Å². The van der Waals surface area contributed by atoms with Crippen LogP contribution in [0.3, 0.4) is 0 Å². The van der Waals surface area contributed by atoms with Crippen molar-refractivity contribution in [3.8, 4) is 11.5 Å². The third-order valence-electron chi connectivity index (χ3n) is 4.35. The molecule has 2 aromatic rings. The van der Waals surface area contributed by atoms with Gasteiger partial charge in [0.2, 0.25) is 5.91 Å². The summed E-state index contributed by atoms with van der Waals surface area (Å²) in [5, 5.41) is 2.89. The lowest BCUT2D eigenvalue weighted by Gasteiger charge is -2.22. The fourth-order valence-corrected chi connectivity index (χ4v) is 2.82. The lowest BCUT2D eigenvalue weighted by atomic mass is 10.1. The van der Waals surface area contributed by atoms with E-state index in [2.05, 4.69) is 5.32 Å². The molecule has 0 bridgehead atoms. The van der Waals surface area contributed by atoms with Crippen LogP contribution in [-0.2, 0) is 11.3 Å². The predicted molar refractivity (Wildman–Crippen MR) is 110 cm³/mol. The fraction of sp³-hybridized carbons (Fsp3) is 0.364. The largest absolute Gasteiger partial charge is 0.497 e. The molecule has 150 valence electrons. The van der Waals surface area contributed by atoms with Crippen LogP contribution in [-0.4, -0.2) is 43.4 Å². The molecule has 1 amide bonds. The van der Waals surface area contributed by atoms with Crippen LogP contribution in [0.25, 0.3) is 0 Å². The van der Waals surface area contributed by atoms with E-state index >= 15 is 0 Å². The Bertz CT molecular complexity index is 803. The average molecular weight is 384 g/mol. The number of ether oxygens (including phenoxy) is 2. The number of Topliss-reactive ketones (excluding diaryl/α,β-unsaturated/α-hetero) is 1. The van der Waals surface area contributed by atoms with Crippen LogP contribution in [0.5, 0.6) is 11.5 Å². The van der Waals surface area contributed by atoms with Gasteiger partial charge in [0.25, 0.3) is 0 Å². The van der Waals surface area contributed by atoms with Gasteiger partial charge in [-0.25, -0.2) is 0 Å². The Balaban J connectivity index is 2.07. The van der Waals surface area contributed by atoms with Crippen molar-refractivity contribution >= 4 is 17.4 Å². The summed E-state index contributed by atoms with van der Waals surface area (Å²) in [5.74, 6) is 1.38. The predicted octanol–water partition coefficient (Wildman–Crippen LogP) is 3.76. The van der Waals surface area contributed by atoms with Gasteiger partial charge in [0.05, 0.1) is 20.3 Å². The number of methoxy groups -OCH3 is 1. The molecule has 2 rings (SSSR count). The molecule has 0 radical (unpaired) electrons. The first-order chi connectivity index (χ1) is 13.5. The first-order valence-corrected chi connectivity index (χ1v) is 9.39. The summed E-state index contributed by atoms with van der Waals surface area (Å²) in [6.07, 6.45) is 0. The normalized spacial score (nSPS) is 10.6. The standard InChI is InChI=1S/C22H28N2O4/c1-5-24(15-22(26)23-19-8-10-20(27-4)11-9-19)14-18-13-17(16(3)25)7-12-21(18)28-6-2/h7-13H,5-6,14-15H2,1-4H3,(H,23,26). The van der Waals surface area contributed by atoms with E-state index < -0.39 is 0 Å². The number of rotatable bonds is 10. The lowest BCUT2D eigenvalue weighted by molar-refractivity contribution is -0.117. The summed E-state index contributed by atoms with van der Waals surface area (Å²) in [4.78, 5) is 26.2. The number of nitrogens with zero attached hydrogens (tertiary/aromatic N) is 1. The van der Waals surface area contributed by atoms with Crippen molar-refractivity contribution in [1.82, 2.24) is 4.90 Å². The van der Waals surface area contributed by atoms with E-state index in [1.807, 2.05) is 30.9 Å². The van der Waals surface area contributed by atoms with Crippen molar-refractivity contribution in [2.45, 2.75) is 27.3 Å². The van der Waals surface area contributed by atoms with Crippen molar-refractivity contribution in [1.29, 1.82) is 0 Å². The Morgan fingerprint density at radius 3 is 2.36 bits per heavy atom. The maximum Gasteiger partial charge on any atom is 0.238 e. The van der Waals surface area contributed by atoms with Crippen molar-refractivity contribution in [2.24, 2.45) is 0 Å². The Kier molecular flexibility index (Phi) is 8.02. The minimum absolute atomic E-state index is 0.00426. The van der Waals surface area contributed by atoms with Gasteiger partial charge in [0.1, 0.15) is 11.5 Å². The molecule has 0 aliphatic rings. The highest BCUT2D eigenvalue weighted by molar-refractivity contribution is 5.94. The van der Waals surface area contributed by atoms with Crippen molar-refractivity contribution < 1.29 is 19.1 Å². The van der Waals surface area contributed by atoms with Gasteiger partial charge in [0, 0.05) is 23.4 Å². The Morgan fingerprint density at radius 1 is 1.07 bits per heavy atom. The van der Waals surface area contributed by atoms with Crippen molar-refractivity contribution in [3.05, 3.63) is 53.6 Å². The number of likely N-dealkylation sites (N-methyl/N-ethyl adjacent to an activating group) is 1. The van der Waals surface area contributed by atoms with Crippen LogP contribution >= 0.6 is 0 Å². The molecular weight excluding hydrogens is 356 g/mol. The second kappa shape index (κ2) is 10.5. The highest BCUT2D eigenvalue weighted by Gasteiger charge is 2.14. The molecule has 0 spiro atoms. The highest BCUT2D eigenvalue weighted by atomic mass is 16.5. The molecule has 0 saturated carbocycles. The van der Waals surface area contributed by atoms with Gasteiger partial charge in [-0.05, 0) is 62.9 Å². The Morgan fingerprint density at radius 2 is 1.79 bits per heavy atom. The van der Waals surface area contributed by atoms with E-state index in [0.29, 0.717) is 25.3 Å². The van der Waals surface area contributed by atoms with E-state index in [9.17, 15) is 9.59 Å². The molecule has 28 heavy (non-hydrogen) atoms. The molecular formula is C22H28N2O4. The first-order valence-electron chi connectivity index (χ1n) is 9.39. The number of ketones is 1. The molecule has 6 nitrogen and oxygen atoms in total. The third-order valence-corrected chi connectivity index (χ3v) is 4.35. The number of anilines is 1. The summed E-state index contributed by atoms with van der Waals surface area (Å²) < 4.78 is 10.8. The van der Waals surface area contributed by atoms with Gasteiger partial charge < -0.3 is 14.8 Å². The fourth-order valence-electron chi connectivity index (χ4n) is 2.82. The van der Waals surface area contributed by atoms with E-state index in [4.69, 9.17) is 9.47 Å². The minimum atomic E-state index is -0.104. The van der Waals surface area contributed by atoms with Crippen LogP contribution < -0.4 is 14.8 Å². The van der Waals surface area contributed by atoms with E-state index in [1.165, 1.54) is 0 Å². The topological polar surface area (TPSA) is 67.9 Å². The zero-order valence-corrected chi connectivity index (χ0v) is 17.0. The molecule has 0 aromatic heterocycles. The molecule has 0 unspecified atom stereocenters. The molecule has 0 saturated heterocycles. The molecule has 0 heterocycles. The highest BCUT2D eigenvalue weighted by Crippen LogP contribution is 2.23. The molecule has 6 heteroatoms. The molecule has 0 atom stereocenters. The van der Waals surface area contributed by atoms with Gasteiger partial charge in [0.15, 0.2) is 5.78 Å². The van der Waals surface area contributed by atoms with Gasteiger partial charge in [-0.15, -0.1) is 0 Å². The van der Waals surface area contributed by atoms with Crippen LogP contribution in [0.4, 0.5) is 5.69 Å². The molecule has 2 aromatic carbocycles. The van der Waals surface area contributed by atoms with Crippen molar-refractivity contribution in [2.75, 3.05) is 32.1 Å². The summed E-state index contributed by atoms with van der Waals surface area (Å²) in [6.45, 7) is 7.43. The number of hydrogen-bond donors (Lipinski definition) is 1. The van der Waals surface area contributed by atoms with Crippen LogP contribution in [0.1, 0.15) is 36.7 Å². The summed E-state index contributed by atoms with van der Waals surface area (Å²) in [7, 11) is 1.60. The number of hydrogen-bond acceptors (Lipinski definition) is 5. The number of amides is 1. The Hall–Kier alpha value is -2.86. The van der Waals surface area contributed by atoms with Crippen LogP contribution in [0, 0.1) is 0 Å². The number of benzene rings is 2. The zero-order valence-electron chi connectivity index (χ0n) is 17.0. The zero-order chi connectivity index (χ0) is 20.5. The van der Waals surface area contributed by atoms with Gasteiger partial charge in [-0.3, -0.25) is 14.5 Å². The molecule has 1 N–H and O–H groups in total. The number of carbonyl (C=O) groups is 2. The van der Waals surface area contributed by atoms with Gasteiger partial charge >= 0.3 is 0 Å². The maximum absolute atomic E-state index is 12.4. The van der Waals surface area contributed by atoms with Crippen LogP contribution in [0.2, 0.25) is 0 Å². The van der Waals surface area contributed by atoms with Crippen LogP contribution in [0.15, 0.2) is 42.5 Å². The Labute approximate surface area is 166 Å². The monoisotopic (exact) mass is 384 g/mol. The quantitative estimate of drug-likeness (QED) is 0.632. The van der Waals surface area contributed by atoms with Gasteiger partial charge in [-0.1, -0.05) is 6.92 Å². The molecule has 0 fully saturated rings. The third kappa shape index (κ3) is 6.09. The smallest absolute Gasteiger partial charge is 0.238 e. The summed E-state index contributed by atoms with van der Waals surface area (Å²) >= 11 is 0. The molecule has 0 aliphatic carbocycles. The summed E-state index contributed by atoms with van der Waals surface area (Å²) in [6, 6.07) is 12.6. The minimum Gasteiger partial charge on any atom is -0.497 e. The van der Waals surface area contributed by atoms with Crippen molar-refractivity contribution in [3.63, 3.8) is 0 Å². The first kappa shape index (κ1) is 21.4. The number of carbonyl (C=O) groups excluding carboxylic acids is 2. The maximum atomic E-state index is 12.4. The summed E-state index contributed by atoms with van der Waals surface area (Å²) in [5.41, 5.74) is 2.25. The number of nitrogens with one attached hydrogen (secondary N) is 1. The molecule has 0 aliphatic heterocycles. The lowest BCUT2D eigenvalue weighted by Crippen LogP contribution is -2.33. The van der Waals surface area contributed by atoms with E-state index in [-0.39, 0.29) is 18.2 Å². The van der Waals surface area contributed by atoms with Gasteiger partial charge in [-0.2, -0.15) is 0 Å². The average Bonchev–Trinajstić information content (AvgIpc) is 2.69.